The number of nitrogens with zero attached hydrogens (tertiary/aromatic N) is 3. The van der Waals surface area contributed by atoms with E-state index in [9.17, 15) is 0 Å². The summed E-state index contributed by atoms with van der Waals surface area (Å²) in [5, 5.41) is 8.22. The highest BCUT2D eigenvalue weighted by Gasteiger charge is 1.91. The lowest BCUT2D eigenvalue weighted by atomic mass is 10.5. The maximum Gasteiger partial charge on any atom is 0.159 e. The first kappa shape index (κ1) is 4.65. The molecule has 0 saturated heterocycles. The highest BCUT2D eigenvalue weighted by Crippen LogP contribution is 1.87. The van der Waals surface area contributed by atoms with Gasteiger partial charge in [-0.3, -0.25) is 0 Å². The molecule has 8 heavy (non-hydrogen) atoms. The molecule has 40 valence electrons. The van der Waals surface area contributed by atoms with Crippen molar-refractivity contribution in [2.45, 2.75) is 0 Å². The van der Waals surface area contributed by atoms with E-state index < -0.39 is 0 Å². The molecule has 0 aliphatic rings. The summed E-state index contributed by atoms with van der Waals surface area (Å²) in [7, 11) is 0. The molecular weight excluding hydrogens is 104 g/mol. The van der Waals surface area contributed by atoms with E-state index in [1.807, 2.05) is 6.07 Å². The van der Waals surface area contributed by atoms with Crippen molar-refractivity contribution in [1.29, 1.82) is 5.26 Å². The first-order chi connectivity index (χ1) is 3.84. The second kappa shape index (κ2) is 1.54. The molecule has 1 heterocycles. The van der Waals surface area contributed by atoms with Crippen LogP contribution in [0.3, 0.4) is 0 Å². The van der Waals surface area contributed by atoms with Crippen LogP contribution in [0.1, 0.15) is 5.69 Å². The van der Waals surface area contributed by atoms with Crippen molar-refractivity contribution in [2.75, 3.05) is 5.84 Å². The monoisotopic (exact) mass is 108 g/mol. The van der Waals surface area contributed by atoms with Crippen LogP contribution in [0, 0.1) is 11.3 Å². The van der Waals surface area contributed by atoms with Crippen LogP contribution in [0.25, 0.3) is 0 Å². The van der Waals surface area contributed by atoms with E-state index in [1.54, 1.807) is 0 Å². The van der Waals surface area contributed by atoms with Gasteiger partial charge >= 0.3 is 0 Å². The highest BCUT2D eigenvalue weighted by atomic mass is 15.3. The summed E-state index contributed by atoms with van der Waals surface area (Å²) in [6.45, 7) is 0. The van der Waals surface area contributed by atoms with Crippen molar-refractivity contribution in [1.82, 2.24) is 9.66 Å². The number of nitrogens with two attached hydrogens (primary N) is 1. The van der Waals surface area contributed by atoms with E-state index in [4.69, 9.17) is 11.1 Å². The molecule has 0 atom stereocenters. The third-order valence-corrected chi connectivity index (χ3v) is 0.781. The Hall–Kier alpha value is -1.50. The summed E-state index contributed by atoms with van der Waals surface area (Å²) in [6, 6.07) is 1.85. The molecule has 0 aliphatic carbocycles. The lowest BCUT2D eigenvalue weighted by molar-refractivity contribution is 0.979. The lowest BCUT2D eigenvalue weighted by Crippen LogP contribution is -2.07. The predicted octanol–water partition coefficient (Wildman–Crippen LogP) is -0.531. The van der Waals surface area contributed by atoms with Crippen molar-refractivity contribution in [3.63, 3.8) is 0 Å². The molecule has 0 spiro atoms. The minimum absolute atomic E-state index is 0.366. The summed E-state index contributed by atoms with van der Waals surface area (Å²) >= 11 is 0. The second-order valence-electron chi connectivity index (χ2n) is 1.30. The Bertz CT molecular complexity index is 218. The second-order valence-corrected chi connectivity index (χ2v) is 1.30. The van der Waals surface area contributed by atoms with Gasteiger partial charge in [-0.25, -0.2) is 9.66 Å². The Morgan fingerprint density at radius 2 is 2.62 bits per heavy atom. The van der Waals surface area contributed by atoms with Crippen molar-refractivity contribution in [3.05, 3.63) is 18.2 Å². The fourth-order valence-electron chi connectivity index (χ4n) is 0.391. The topological polar surface area (TPSA) is 67.6 Å². The Kier molecular flexibility index (Phi) is 0.897. The summed E-state index contributed by atoms with van der Waals surface area (Å²) in [5.74, 6) is 5.18. The predicted molar refractivity (Wildman–Crippen MR) is 27.1 cm³/mol. The maximum atomic E-state index is 8.22. The average molecular weight is 108 g/mol. The van der Waals surface area contributed by atoms with Gasteiger partial charge in [-0.1, -0.05) is 0 Å². The first-order valence-electron chi connectivity index (χ1n) is 2.02. The third kappa shape index (κ3) is 0.500. The van der Waals surface area contributed by atoms with Gasteiger partial charge in [0.15, 0.2) is 5.69 Å². The number of nitrogen functional groups attached to an aromatic ring is 1. The summed E-state index contributed by atoms with van der Waals surface area (Å²) in [5.41, 5.74) is 0.366. The molecule has 0 bridgehead atoms. The molecule has 1 aromatic rings. The number of aromatic nitrogens is 2. The summed E-state index contributed by atoms with van der Waals surface area (Å²) in [4.78, 5) is 3.61. The normalized spacial score (nSPS) is 8.38. The molecule has 1 rings (SSSR count). The zero-order valence-electron chi connectivity index (χ0n) is 4.07. The van der Waals surface area contributed by atoms with E-state index >= 15 is 0 Å². The van der Waals surface area contributed by atoms with E-state index in [1.165, 1.54) is 17.2 Å². The number of rotatable bonds is 0. The lowest BCUT2D eigenvalue weighted by Gasteiger charge is -1.85. The number of hydrogen-bond acceptors (Lipinski definition) is 3. The molecule has 0 aliphatic heterocycles. The van der Waals surface area contributed by atoms with Gasteiger partial charge in [0.2, 0.25) is 0 Å². The fraction of sp³-hybridized carbons (Fsp3) is 0. The van der Waals surface area contributed by atoms with Crippen LogP contribution in [-0.2, 0) is 0 Å². The maximum absolute atomic E-state index is 8.22. The highest BCUT2D eigenvalue weighted by molar-refractivity contribution is 5.16. The largest absolute Gasteiger partial charge is 0.337 e. The molecule has 0 saturated carbocycles. The number of imidazole rings is 1. The Morgan fingerprint density at radius 3 is 2.88 bits per heavy atom. The van der Waals surface area contributed by atoms with Gasteiger partial charge in [0, 0.05) is 0 Å². The quantitative estimate of drug-likeness (QED) is 0.454. The minimum atomic E-state index is 0.366. The van der Waals surface area contributed by atoms with Crippen LogP contribution in [0.2, 0.25) is 0 Å². The molecule has 0 fully saturated rings. The van der Waals surface area contributed by atoms with Crippen LogP contribution in [-0.4, -0.2) is 9.66 Å². The zero-order valence-corrected chi connectivity index (χ0v) is 4.07. The van der Waals surface area contributed by atoms with E-state index in [0.717, 1.165) is 0 Å². The van der Waals surface area contributed by atoms with Gasteiger partial charge in [0.25, 0.3) is 0 Å². The van der Waals surface area contributed by atoms with E-state index in [-0.39, 0.29) is 0 Å². The van der Waals surface area contributed by atoms with Crippen LogP contribution in [0.4, 0.5) is 0 Å². The van der Waals surface area contributed by atoms with Crippen molar-refractivity contribution >= 4 is 0 Å². The summed E-state index contributed by atoms with van der Waals surface area (Å²) < 4.78 is 1.17. The molecule has 0 aromatic carbocycles. The van der Waals surface area contributed by atoms with Gasteiger partial charge in [-0.2, -0.15) is 5.26 Å². The van der Waals surface area contributed by atoms with E-state index in [0.29, 0.717) is 5.69 Å². The third-order valence-electron chi connectivity index (χ3n) is 0.781. The molecule has 0 radical (unpaired) electrons. The first-order valence-corrected chi connectivity index (χ1v) is 2.02. The van der Waals surface area contributed by atoms with Gasteiger partial charge < -0.3 is 5.84 Å². The molecule has 0 amide bonds. The molecule has 1 aromatic heterocycles. The van der Waals surface area contributed by atoms with Gasteiger partial charge in [-0.15, -0.1) is 0 Å². The van der Waals surface area contributed by atoms with Crippen LogP contribution >= 0.6 is 0 Å². The van der Waals surface area contributed by atoms with Crippen molar-refractivity contribution < 1.29 is 0 Å². The van der Waals surface area contributed by atoms with Gasteiger partial charge in [0.05, 0.1) is 6.20 Å². The molecule has 0 unspecified atom stereocenters. The standard InChI is InChI=1S/C4H4N4/c5-1-4-2-7-3-8(4)6/h2-3H,6H2. The van der Waals surface area contributed by atoms with Crippen LogP contribution in [0.5, 0.6) is 0 Å². The molecule has 4 heteroatoms. The van der Waals surface area contributed by atoms with Crippen LogP contribution < -0.4 is 5.84 Å². The Labute approximate surface area is 46.1 Å². The van der Waals surface area contributed by atoms with E-state index in [2.05, 4.69) is 4.98 Å². The summed E-state index contributed by atoms with van der Waals surface area (Å²) in [6.07, 6.45) is 2.78. The molecule has 4 nitrogen and oxygen atoms in total. The Morgan fingerprint density at radius 1 is 1.88 bits per heavy atom. The van der Waals surface area contributed by atoms with Gasteiger partial charge in [-0.05, 0) is 0 Å². The minimum Gasteiger partial charge on any atom is -0.337 e. The van der Waals surface area contributed by atoms with Crippen LogP contribution in [0.15, 0.2) is 12.5 Å². The zero-order chi connectivity index (χ0) is 5.98. The van der Waals surface area contributed by atoms with Gasteiger partial charge in [0.1, 0.15) is 12.4 Å². The smallest absolute Gasteiger partial charge is 0.159 e. The average Bonchev–Trinajstić information content (AvgIpc) is 2.14. The Balaban J connectivity index is 3.15. The molecular formula is C4H4N4. The van der Waals surface area contributed by atoms with Crippen molar-refractivity contribution in [2.24, 2.45) is 0 Å². The SMILES string of the molecule is N#Cc1cncn1N. The fourth-order valence-corrected chi connectivity index (χ4v) is 0.391. The van der Waals surface area contributed by atoms with Crippen molar-refractivity contribution in [3.8, 4) is 6.07 Å². The number of hydrogen-bond donors (Lipinski definition) is 1. The number of nitriles is 1. The molecule has 2 N–H and O–H groups in total.